The summed E-state index contributed by atoms with van der Waals surface area (Å²) in [5.74, 6) is 2.09. The van der Waals surface area contributed by atoms with E-state index in [1.165, 1.54) is 32.1 Å². The normalized spacial score (nSPS) is 25.0. The van der Waals surface area contributed by atoms with Gasteiger partial charge in [-0.2, -0.15) is 0 Å². The molecule has 0 amide bonds. The molecule has 4 rings (SSSR count). The average Bonchev–Trinajstić information content (AvgIpc) is 2.84. The van der Waals surface area contributed by atoms with Gasteiger partial charge in [-0.15, -0.1) is 11.8 Å². The third kappa shape index (κ3) is 7.73. The van der Waals surface area contributed by atoms with Crippen molar-refractivity contribution in [3.8, 4) is 0 Å². The van der Waals surface area contributed by atoms with Crippen molar-refractivity contribution < 1.29 is 15.0 Å². The SMILES string of the molecule is C[C@@H]1CC2CCCCC2CN1CC(O)C([O-])CSc1ccccc1.O=Cc1ccccc1. The van der Waals surface area contributed by atoms with E-state index in [-0.39, 0.29) is 0 Å². The number of rotatable bonds is 7. The quantitative estimate of drug-likeness (QED) is 0.500. The molecule has 1 heterocycles. The molecular weight excluding hydrogens is 418 g/mol. The first-order valence-electron chi connectivity index (χ1n) is 11.8. The number of aliphatic hydroxyl groups excluding tert-OH is 1. The summed E-state index contributed by atoms with van der Waals surface area (Å²) in [6, 6.07) is 19.6. The van der Waals surface area contributed by atoms with E-state index < -0.39 is 12.2 Å². The molecule has 174 valence electrons. The summed E-state index contributed by atoms with van der Waals surface area (Å²) in [5.41, 5.74) is 0.729. The van der Waals surface area contributed by atoms with Crippen LogP contribution in [0.15, 0.2) is 65.6 Å². The fraction of sp³-hybridized carbons (Fsp3) is 0.519. The fourth-order valence-corrected chi connectivity index (χ4v) is 5.78. The first-order chi connectivity index (χ1) is 15.6. The Bertz CT molecular complexity index is 788. The van der Waals surface area contributed by atoms with Crippen LogP contribution in [0.25, 0.3) is 0 Å². The number of hydrogen-bond donors (Lipinski definition) is 1. The zero-order valence-corrected chi connectivity index (χ0v) is 19.8. The first kappa shape index (κ1) is 25.0. The number of hydrogen-bond acceptors (Lipinski definition) is 5. The minimum absolute atomic E-state index is 0.430. The van der Waals surface area contributed by atoms with Crippen LogP contribution in [0.5, 0.6) is 0 Å². The summed E-state index contributed by atoms with van der Waals surface area (Å²) in [6.45, 7) is 3.87. The van der Waals surface area contributed by atoms with Crippen molar-refractivity contribution in [2.75, 3.05) is 18.8 Å². The fourth-order valence-electron chi connectivity index (χ4n) is 4.85. The summed E-state index contributed by atoms with van der Waals surface area (Å²) in [4.78, 5) is 13.5. The second-order valence-electron chi connectivity index (χ2n) is 9.10. The number of β-amino-alcohol motifs (C(OH)–C–C–N with tert-alkyl or cyclic N) is 1. The molecule has 2 aromatic carbocycles. The lowest BCUT2D eigenvalue weighted by atomic mass is 9.73. The summed E-state index contributed by atoms with van der Waals surface area (Å²) in [6.07, 6.45) is 5.81. The van der Waals surface area contributed by atoms with Crippen molar-refractivity contribution in [1.82, 2.24) is 4.90 Å². The lowest BCUT2D eigenvalue weighted by Crippen LogP contribution is -2.53. The Labute approximate surface area is 197 Å². The van der Waals surface area contributed by atoms with Gasteiger partial charge in [0.25, 0.3) is 0 Å². The van der Waals surface area contributed by atoms with E-state index in [1.54, 1.807) is 23.9 Å². The van der Waals surface area contributed by atoms with Crippen LogP contribution in [0.3, 0.4) is 0 Å². The Morgan fingerprint density at radius 1 is 1.06 bits per heavy atom. The molecule has 1 N–H and O–H groups in total. The van der Waals surface area contributed by atoms with Gasteiger partial charge in [-0.25, -0.2) is 0 Å². The van der Waals surface area contributed by atoms with Gasteiger partial charge in [0.2, 0.25) is 0 Å². The standard InChI is InChI=1S/C20H30NO2S.C7H6O/c1-15-11-16-7-5-6-8-17(16)12-21(15)13-19(22)20(23)14-24-18-9-3-2-4-10-18;8-6-7-4-2-1-3-5-7/h2-4,9-10,15-17,19-20,22H,5-8,11-14H2,1H3;1-6H/q-1;/t15-,16?,17?,19?,20?;/m1./s1. The molecule has 4 unspecified atom stereocenters. The molecule has 0 radical (unpaired) electrons. The molecule has 2 aliphatic rings. The van der Waals surface area contributed by atoms with E-state index in [0.717, 1.165) is 35.1 Å². The molecule has 1 aliphatic carbocycles. The van der Waals surface area contributed by atoms with E-state index in [0.29, 0.717) is 18.3 Å². The van der Waals surface area contributed by atoms with Gasteiger partial charge in [-0.3, -0.25) is 9.69 Å². The topological polar surface area (TPSA) is 63.6 Å². The van der Waals surface area contributed by atoms with Crippen LogP contribution >= 0.6 is 11.8 Å². The maximum Gasteiger partial charge on any atom is 0.150 e. The van der Waals surface area contributed by atoms with Gasteiger partial charge in [0.1, 0.15) is 6.29 Å². The molecule has 5 heteroatoms. The Hall–Kier alpha value is -1.66. The van der Waals surface area contributed by atoms with Crippen molar-refractivity contribution >= 4 is 18.0 Å². The van der Waals surface area contributed by atoms with Crippen LogP contribution < -0.4 is 5.11 Å². The minimum atomic E-state index is -0.925. The van der Waals surface area contributed by atoms with Crippen molar-refractivity contribution in [3.05, 3.63) is 66.2 Å². The van der Waals surface area contributed by atoms with E-state index in [2.05, 4.69) is 11.8 Å². The molecule has 0 spiro atoms. The van der Waals surface area contributed by atoms with Crippen LogP contribution in [0.4, 0.5) is 0 Å². The van der Waals surface area contributed by atoms with Gasteiger partial charge in [0.05, 0.1) is 6.10 Å². The molecular formula is C27H36NO3S-. The van der Waals surface area contributed by atoms with Gasteiger partial charge in [-0.05, 0) is 49.5 Å². The molecule has 0 bridgehead atoms. The third-order valence-electron chi connectivity index (χ3n) is 6.75. The van der Waals surface area contributed by atoms with Crippen LogP contribution in [-0.4, -0.2) is 53.4 Å². The molecule has 1 saturated carbocycles. The molecule has 1 aliphatic heterocycles. The second kappa shape index (κ2) is 13.1. The van der Waals surface area contributed by atoms with Crippen LogP contribution in [-0.2, 0) is 0 Å². The monoisotopic (exact) mass is 454 g/mol. The molecule has 4 nitrogen and oxygen atoms in total. The van der Waals surface area contributed by atoms with Crippen LogP contribution in [0.1, 0.15) is 49.4 Å². The highest BCUT2D eigenvalue weighted by molar-refractivity contribution is 7.99. The van der Waals surface area contributed by atoms with Gasteiger partial charge < -0.3 is 10.2 Å². The highest BCUT2D eigenvalue weighted by atomic mass is 32.2. The predicted molar refractivity (Wildman–Crippen MR) is 130 cm³/mol. The highest BCUT2D eigenvalue weighted by Crippen LogP contribution is 2.38. The summed E-state index contributed by atoms with van der Waals surface area (Å²) >= 11 is 1.55. The lowest BCUT2D eigenvalue weighted by molar-refractivity contribution is -0.430. The average molecular weight is 455 g/mol. The lowest BCUT2D eigenvalue weighted by Gasteiger charge is -2.46. The Morgan fingerprint density at radius 2 is 1.69 bits per heavy atom. The molecule has 0 aromatic heterocycles. The van der Waals surface area contributed by atoms with E-state index >= 15 is 0 Å². The molecule has 5 atom stereocenters. The maximum absolute atomic E-state index is 12.4. The number of carbonyl (C=O) groups is 1. The minimum Gasteiger partial charge on any atom is -0.849 e. The smallest absolute Gasteiger partial charge is 0.150 e. The number of thioether (sulfide) groups is 1. The Morgan fingerprint density at radius 3 is 2.31 bits per heavy atom. The number of fused-ring (bicyclic) bond motifs is 1. The highest BCUT2D eigenvalue weighted by Gasteiger charge is 2.35. The van der Waals surface area contributed by atoms with E-state index in [4.69, 9.17) is 0 Å². The number of carbonyl (C=O) groups excluding carboxylic acids is 1. The number of likely N-dealkylation sites (tertiary alicyclic amines) is 1. The van der Waals surface area contributed by atoms with Gasteiger partial charge in [0, 0.05) is 29.6 Å². The van der Waals surface area contributed by atoms with Crippen LogP contribution in [0.2, 0.25) is 0 Å². The van der Waals surface area contributed by atoms with E-state index in [9.17, 15) is 15.0 Å². The van der Waals surface area contributed by atoms with Gasteiger partial charge >= 0.3 is 0 Å². The second-order valence-corrected chi connectivity index (χ2v) is 10.2. The summed E-state index contributed by atoms with van der Waals surface area (Å²) < 4.78 is 0. The summed E-state index contributed by atoms with van der Waals surface area (Å²) in [5, 5.41) is 22.8. The zero-order valence-electron chi connectivity index (χ0n) is 19.0. The maximum atomic E-state index is 12.4. The number of benzene rings is 2. The Balaban J connectivity index is 0.000000305. The van der Waals surface area contributed by atoms with Crippen molar-refractivity contribution in [3.63, 3.8) is 0 Å². The first-order valence-corrected chi connectivity index (χ1v) is 12.8. The third-order valence-corrected chi connectivity index (χ3v) is 7.85. The summed E-state index contributed by atoms with van der Waals surface area (Å²) in [7, 11) is 0. The van der Waals surface area contributed by atoms with Crippen molar-refractivity contribution in [2.45, 2.75) is 62.2 Å². The number of aldehydes is 1. The largest absolute Gasteiger partial charge is 0.849 e. The molecule has 32 heavy (non-hydrogen) atoms. The van der Waals surface area contributed by atoms with Crippen molar-refractivity contribution in [1.29, 1.82) is 0 Å². The predicted octanol–water partition coefficient (Wildman–Crippen LogP) is 4.27. The van der Waals surface area contributed by atoms with Crippen molar-refractivity contribution in [2.24, 2.45) is 11.8 Å². The van der Waals surface area contributed by atoms with E-state index in [1.807, 2.05) is 48.5 Å². The molecule has 1 saturated heterocycles. The van der Waals surface area contributed by atoms with Gasteiger partial charge in [-0.1, -0.05) is 73.9 Å². The molecule has 2 aromatic rings. The zero-order chi connectivity index (χ0) is 22.8. The van der Waals surface area contributed by atoms with Crippen LogP contribution in [0, 0.1) is 11.8 Å². The van der Waals surface area contributed by atoms with Gasteiger partial charge in [0.15, 0.2) is 0 Å². The molecule has 2 fully saturated rings. The number of piperidine rings is 1. The Kier molecular flexibility index (Phi) is 10.3. The number of aliphatic hydroxyl groups is 1. The number of nitrogens with zero attached hydrogens (tertiary/aromatic N) is 1.